The summed E-state index contributed by atoms with van der Waals surface area (Å²) in [5.74, 6) is 7.51. The molecule has 224 valence electrons. The molecule has 0 aliphatic heterocycles. The van der Waals surface area contributed by atoms with Crippen molar-refractivity contribution in [3.63, 3.8) is 0 Å². The van der Waals surface area contributed by atoms with E-state index in [1.54, 1.807) is 11.8 Å². The summed E-state index contributed by atoms with van der Waals surface area (Å²) >= 11 is 7.47. The molecule has 1 nitrogen and oxygen atoms in total. The van der Waals surface area contributed by atoms with Crippen molar-refractivity contribution < 1.29 is 4.74 Å². The zero-order chi connectivity index (χ0) is 28.3. The second-order valence-corrected chi connectivity index (χ2v) is 17.1. The Hall–Kier alpha value is -0.540. The summed E-state index contributed by atoms with van der Waals surface area (Å²) < 4.78 is 7.24. The van der Waals surface area contributed by atoms with E-state index in [9.17, 15) is 0 Å². The summed E-state index contributed by atoms with van der Waals surface area (Å²) in [7, 11) is 0. The molecule has 0 N–H and O–H groups in total. The van der Waals surface area contributed by atoms with Crippen LogP contribution in [0.5, 0.6) is 0 Å². The number of rotatable bonds is 10. The molecule has 40 heavy (non-hydrogen) atoms. The largest absolute Gasteiger partial charge is 0.475 e. The van der Waals surface area contributed by atoms with Crippen LogP contribution in [-0.2, 0) is 11.2 Å². The average Bonchev–Trinajstić information content (AvgIpc) is 3.29. The average molecular weight is 583 g/mol. The number of hydrogen-bond acceptors (Lipinski definition) is 3. The summed E-state index contributed by atoms with van der Waals surface area (Å²) in [6.45, 7) is 12.8. The zero-order valence-corrected chi connectivity index (χ0v) is 28.0. The first-order valence-corrected chi connectivity index (χ1v) is 18.5. The van der Waals surface area contributed by atoms with E-state index in [1.165, 1.54) is 82.6 Å². The lowest BCUT2D eigenvalue weighted by Crippen LogP contribution is -2.54. The normalized spacial score (nSPS) is 37.9. The molecule has 3 heteroatoms. The van der Waals surface area contributed by atoms with Gasteiger partial charge in [-0.1, -0.05) is 96.0 Å². The smallest absolute Gasteiger partial charge is 0.220 e. The maximum Gasteiger partial charge on any atom is 0.220 e. The summed E-state index contributed by atoms with van der Waals surface area (Å²) in [5.41, 5.74) is 2.55. The molecule has 4 aliphatic carbocycles. The van der Waals surface area contributed by atoms with E-state index in [0.29, 0.717) is 16.9 Å². The Morgan fingerprint density at radius 2 is 1.65 bits per heavy atom. The van der Waals surface area contributed by atoms with Crippen molar-refractivity contribution >= 4 is 28.4 Å². The molecule has 4 fully saturated rings. The number of hydrogen-bond donors (Lipinski definition) is 0. The van der Waals surface area contributed by atoms with Crippen LogP contribution in [0.4, 0.5) is 0 Å². The van der Waals surface area contributed by atoms with Crippen molar-refractivity contribution in [1.29, 1.82) is 0 Å². The lowest BCUT2D eigenvalue weighted by molar-refractivity contribution is -0.127. The van der Waals surface area contributed by atoms with Crippen LogP contribution in [0, 0.1) is 52.3 Å². The molecule has 4 aliphatic rings. The third-order valence-electron chi connectivity index (χ3n) is 12.8. The molecular formula is C37H58OS2. The van der Waals surface area contributed by atoms with Gasteiger partial charge in [-0.2, -0.15) is 0 Å². The van der Waals surface area contributed by atoms with Gasteiger partial charge in [0.25, 0.3) is 0 Å². The second-order valence-electron chi connectivity index (χ2n) is 15.4. The van der Waals surface area contributed by atoms with E-state index in [1.807, 2.05) is 0 Å². The summed E-state index contributed by atoms with van der Waals surface area (Å²) in [4.78, 5) is 0. The monoisotopic (exact) mass is 582 g/mol. The minimum atomic E-state index is 0.347. The third-order valence-corrected chi connectivity index (χ3v) is 14.0. The van der Waals surface area contributed by atoms with E-state index < -0.39 is 0 Å². The highest BCUT2D eigenvalue weighted by Crippen LogP contribution is 2.68. The quantitative estimate of drug-likeness (QED) is 0.201. The number of aryl methyl sites for hydroxylation is 1. The highest BCUT2D eigenvalue weighted by Gasteiger charge is 2.60. The van der Waals surface area contributed by atoms with E-state index in [4.69, 9.17) is 17.0 Å². The molecule has 0 saturated heterocycles. The van der Waals surface area contributed by atoms with Gasteiger partial charge in [0.2, 0.25) is 4.38 Å². The minimum absolute atomic E-state index is 0.347. The van der Waals surface area contributed by atoms with E-state index >= 15 is 0 Å². The number of benzene rings is 1. The van der Waals surface area contributed by atoms with Gasteiger partial charge >= 0.3 is 0 Å². The van der Waals surface area contributed by atoms with Gasteiger partial charge in [-0.05, 0) is 141 Å². The molecule has 9 atom stereocenters. The van der Waals surface area contributed by atoms with Crippen molar-refractivity contribution in [2.24, 2.45) is 52.3 Å². The van der Waals surface area contributed by atoms with Crippen LogP contribution < -0.4 is 0 Å². The maximum absolute atomic E-state index is 6.44. The number of thioether (sulfide) groups is 1. The van der Waals surface area contributed by atoms with Crippen LogP contribution in [-0.4, -0.2) is 16.2 Å². The molecule has 1 aromatic carbocycles. The first kappa shape index (κ1) is 30.9. The number of thiocarbonyl (C=S) groups is 1. The Kier molecular flexibility index (Phi) is 10.4. The molecule has 0 heterocycles. The third kappa shape index (κ3) is 6.66. The first-order valence-electron chi connectivity index (χ1n) is 17.1. The van der Waals surface area contributed by atoms with Crippen molar-refractivity contribution in [3.8, 4) is 0 Å². The molecule has 5 rings (SSSR count). The second kappa shape index (κ2) is 13.4. The summed E-state index contributed by atoms with van der Waals surface area (Å²) in [6, 6.07) is 10.8. The molecular weight excluding hydrogens is 525 g/mol. The highest BCUT2D eigenvalue weighted by molar-refractivity contribution is 8.22. The molecule has 0 unspecified atom stereocenters. The Bertz CT molecular complexity index is 960. The lowest BCUT2D eigenvalue weighted by Gasteiger charge is -2.61. The van der Waals surface area contributed by atoms with Crippen molar-refractivity contribution in [1.82, 2.24) is 0 Å². The minimum Gasteiger partial charge on any atom is -0.475 e. The standard InChI is InChI=1S/C37H58OS2/c1-26(2)11-9-12-27(3)32-18-19-33-31-17-16-29-25-30(20-22-36(29,4)34(31)21-23-37(32,33)5)38-35(39)40-24-10-15-28-13-7-6-8-14-28/h6-8,13-14,26-27,29-34H,9-12,15-25H2,1-5H3/t27-,29+,30+,31+,32-,33+,34+,36+,37-/m1/s1. The van der Waals surface area contributed by atoms with Gasteiger partial charge in [0.05, 0.1) is 0 Å². The van der Waals surface area contributed by atoms with Gasteiger partial charge in [-0.25, -0.2) is 0 Å². The van der Waals surface area contributed by atoms with Gasteiger partial charge in [0.1, 0.15) is 6.10 Å². The van der Waals surface area contributed by atoms with Gasteiger partial charge < -0.3 is 4.74 Å². The van der Waals surface area contributed by atoms with Gasteiger partial charge in [0.15, 0.2) is 0 Å². The van der Waals surface area contributed by atoms with Crippen LogP contribution in [0.15, 0.2) is 30.3 Å². The Labute approximate surface area is 256 Å². The van der Waals surface area contributed by atoms with Crippen LogP contribution in [0.25, 0.3) is 0 Å². The number of ether oxygens (including phenoxy) is 1. The van der Waals surface area contributed by atoms with Crippen molar-refractivity contribution in [2.45, 2.75) is 131 Å². The summed E-state index contributed by atoms with van der Waals surface area (Å²) in [6.07, 6.45) is 19.6. The molecule has 0 aromatic heterocycles. The molecule has 0 amide bonds. The fourth-order valence-corrected chi connectivity index (χ4v) is 11.6. The van der Waals surface area contributed by atoms with E-state index in [-0.39, 0.29) is 0 Å². The lowest BCUT2D eigenvalue weighted by atomic mass is 9.44. The molecule has 4 saturated carbocycles. The molecule has 0 bridgehead atoms. The fraction of sp³-hybridized carbons (Fsp3) is 0.811. The van der Waals surface area contributed by atoms with Gasteiger partial charge in [0, 0.05) is 5.75 Å². The predicted molar refractivity (Wildman–Crippen MR) is 178 cm³/mol. The topological polar surface area (TPSA) is 9.23 Å². The van der Waals surface area contributed by atoms with Gasteiger partial charge in [-0.3, -0.25) is 0 Å². The SMILES string of the molecule is CC(C)CCC[C@@H](C)[C@H]1CC[C@H]2[C@@H]3CC[C@H]4C[C@@H](OC(=S)SCCCc5ccccc5)CC[C@]4(C)[C@H]3CC[C@]12C. The van der Waals surface area contributed by atoms with Gasteiger partial charge in [-0.15, -0.1) is 0 Å². The Balaban J connectivity index is 1.11. The fourth-order valence-electron chi connectivity index (χ4n) is 10.6. The van der Waals surface area contributed by atoms with Crippen LogP contribution in [0.2, 0.25) is 0 Å². The Morgan fingerprint density at radius 3 is 2.42 bits per heavy atom. The van der Waals surface area contributed by atoms with E-state index in [2.05, 4.69) is 65.0 Å². The van der Waals surface area contributed by atoms with E-state index in [0.717, 1.165) is 64.4 Å². The first-order chi connectivity index (χ1) is 19.2. The van der Waals surface area contributed by atoms with Crippen LogP contribution >= 0.6 is 24.0 Å². The van der Waals surface area contributed by atoms with Crippen LogP contribution in [0.3, 0.4) is 0 Å². The highest BCUT2D eigenvalue weighted by atomic mass is 32.2. The maximum atomic E-state index is 6.44. The Morgan fingerprint density at radius 1 is 0.900 bits per heavy atom. The molecule has 0 radical (unpaired) electrons. The summed E-state index contributed by atoms with van der Waals surface area (Å²) in [5, 5.41) is 0. The van der Waals surface area contributed by atoms with Crippen molar-refractivity contribution in [2.75, 3.05) is 5.75 Å². The predicted octanol–water partition coefficient (Wildman–Crippen LogP) is 11.1. The number of fused-ring (bicyclic) bond motifs is 5. The molecule has 1 aromatic rings. The van der Waals surface area contributed by atoms with Crippen molar-refractivity contribution in [3.05, 3.63) is 35.9 Å². The zero-order valence-electron chi connectivity index (χ0n) is 26.3. The molecule has 0 spiro atoms. The van der Waals surface area contributed by atoms with Crippen LogP contribution in [0.1, 0.15) is 124 Å².